The molecule has 0 bridgehead atoms. The lowest BCUT2D eigenvalue weighted by molar-refractivity contribution is 0.0600. The van der Waals surface area contributed by atoms with Gasteiger partial charge in [-0.2, -0.15) is 19.3 Å². The first kappa shape index (κ1) is 30.1. The van der Waals surface area contributed by atoms with Gasteiger partial charge in [0, 0.05) is 56.2 Å². The quantitative estimate of drug-likeness (QED) is 0.360. The second-order valence-electron chi connectivity index (χ2n) is 9.87. The second-order valence-corrected chi connectivity index (χ2v) is 12.1. The normalized spacial score (nSPS) is 16.0. The highest BCUT2D eigenvalue weighted by atomic mass is 32.2. The maximum atomic E-state index is 12.5. The Bertz CT molecular complexity index is 1540. The molecule has 3 heterocycles. The third-order valence-electron chi connectivity index (χ3n) is 7.15. The SMILES string of the molecule is CCS(=O)(=O)N1CCN(c2nc(-c3ccc(NC(=O)Nc4ccc(C(=O)OC)cc4)cc3)nc(N3CCOCC3)n2)CC1. The maximum absolute atomic E-state index is 12.5. The van der Waals surface area contributed by atoms with Crippen LogP contribution in [0.25, 0.3) is 11.4 Å². The number of morpholine rings is 1. The number of amides is 2. The van der Waals surface area contributed by atoms with Gasteiger partial charge in [0.15, 0.2) is 5.82 Å². The fourth-order valence-corrected chi connectivity index (χ4v) is 5.77. The van der Waals surface area contributed by atoms with Gasteiger partial charge in [-0.05, 0) is 55.5 Å². The molecule has 2 amide bonds. The molecule has 15 heteroatoms. The molecule has 0 unspecified atom stereocenters. The Morgan fingerprint density at radius 2 is 1.35 bits per heavy atom. The number of aromatic nitrogens is 3. The maximum Gasteiger partial charge on any atom is 0.337 e. The molecule has 2 N–H and O–H groups in total. The predicted octanol–water partition coefficient (Wildman–Crippen LogP) is 2.28. The van der Waals surface area contributed by atoms with E-state index in [0.29, 0.717) is 87.1 Å². The second kappa shape index (κ2) is 13.3. The summed E-state index contributed by atoms with van der Waals surface area (Å²) in [5.74, 6) is 1.10. The van der Waals surface area contributed by atoms with Gasteiger partial charge < -0.3 is 29.9 Å². The lowest BCUT2D eigenvalue weighted by Gasteiger charge is -2.34. The Hall–Kier alpha value is -4.34. The van der Waals surface area contributed by atoms with Gasteiger partial charge in [-0.3, -0.25) is 0 Å². The van der Waals surface area contributed by atoms with E-state index >= 15 is 0 Å². The number of hydrogen-bond acceptors (Lipinski definition) is 11. The van der Waals surface area contributed by atoms with Crippen LogP contribution in [0.2, 0.25) is 0 Å². The number of piperazine rings is 1. The fraction of sp³-hybridized carbons (Fsp3) is 0.393. The Morgan fingerprint density at radius 3 is 1.88 bits per heavy atom. The number of benzene rings is 2. The van der Waals surface area contributed by atoms with Gasteiger partial charge >= 0.3 is 12.0 Å². The minimum atomic E-state index is -3.26. The van der Waals surface area contributed by atoms with E-state index in [0.717, 1.165) is 5.56 Å². The Morgan fingerprint density at radius 1 is 0.814 bits per heavy atom. The number of rotatable bonds is 8. The van der Waals surface area contributed by atoms with E-state index in [2.05, 4.69) is 15.4 Å². The van der Waals surface area contributed by atoms with Crippen molar-refractivity contribution in [3.05, 3.63) is 54.1 Å². The molecule has 14 nitrogen and oxygen atoms in total. The summed E-state index contributed by atoms with van der Waals surface area (Å²) in [6.07, 6.45) is 0. The number of anilines is 4. The van der Waals surface area contributed by atoms with Crippen molar-refractivity contribution in [1.29, 1.82) is 0 Å². The number of carbonyl (C=O) groups excluding carboxylic acids is 2. The van der Waals surface area contributed by atoms with Crippen LogP contribution in [-0.4, -0.2) is 105 Å². The van der Waals surface area contributed by atoms with Crippen LogP contribution in [0.5, 0.6) is 0 Å². The van der Waals surface area contributed by atoms with Crippen LogP contribution in [0, 0.1) is 0 Å². The summed E-state index contributed by atoms with van der Waals surface area (Å²) in [5.41, 5.74) is 2.19. The average Bonchev–Trinajstić information content (AvgIpc) is 3.05. The predicted molar refractivity (Wildman–Crippen MR) is 162 cm³/mol. The molecule has 0 spiro atoms. The van der Waals surface area contributed by atoms with Crippen molar-refractivity contribution in [2.24, 2.45) is 0 Å². The summed E-state index contributed by atoms with van der Waals surface area (Å²) >= 11 is 0. The minimum absolute atomic E-state index is 0.0702. The van der Waals surface area contributed by atoms with Crippen LogP contribution < -0.4 is 20.4 Å². The van der Waals surface area contributed by atoms with E-state index in [4.69, 9.17) is 19.7 Å². The van der Waals surface area contributed by atoms with Gasteiger partial charge in [-0.1, -0.05) is 0 Å². The Balaban J connectivity index is 1.30. The van der Waals surface area contributed by atoms with Crippen LogP contribution in [0.15, 0.2) is 48.5 Å². The number of nitrogens with one attached hydrogen (secondary N) is 2. The molecule has 1 aromatic heterocycles. The highest BCUT2D eigenvalue weighted by Crippen LogP contribution is 2.25. The Labute approximate surface area is 250 Å². The summed E-state index contributed by atoms with van der Waals surface area (Å²) in [6, 6.07) is 13.0. The topological polar surface area (TPSA) is 159 Å². The van der Waals surface area contributed by atoms with Crippen molar-refractivity contribution in [2.75, 3.05) is 85.8 Å². The smallest absolute Gasteiger partial charge is 0.337 e. The van der Waals surface area contributed by atoms with E-state index in [1.54, 1.807) is 43.3 Å². The van der Waals surface area contributed by atoms with Crippen molar-refractivity contribution in [1.82, 2.24) is 19.3 Å². The highest BCUT2D eigenvalue weighted by molar-refractivity contribution is 7.89. The first-order valence-corrected chi connectivity index (χ1v) is 15.5. The molecule has 228 valence electrons. The van der Waals surface area contributed by atoms with Crippen molar-refractivity contribution in [3.8, 4) is 11.4 Å². The molecule has 3 aromatic rings. The number of ether oxygens (including phenoxy) is 2. The lowest BCUT2D eigenvalue weighted by Crippen LogP contribution is -2.49. The zero-order chi connectivity index (χ0) is 30.4. The standard InChI is InChI=1S/C28H34N8O6S/c1-3-43(39,40)36-14-12-34(13-15-36)26-31-24(32-27(33-26)35-16-18-42-19-17-35)20-4-8-22(9-5-20)29-28(38)30-23-10-6-21(7-11-23)25(37)41-2/h4-11H,3,12-19H2,1-2H3,(H2,29,30,38). The van der Waals surface area contributed by atoms with Gasteiger partial charge in [0.05, 0.1) is 31.6 Å². The molecule has 2 aliphatic heterocycles. The molecule has 2 aromatic carbocycles. The molecule has 43 heavy (non-hydrogen) atoms. The number of sulfonamides is 1. The zero-order valence-corrected chi connectivity index (χ0v) is 24.8. The first-order valence-electron chi connectivity index (χ1n) is 13.9. The van der Waals surface area contributed by atoms with Crippen LogP contribution in [0.1, 0.15) is 17.3 Å². The number of carbonyl (C=O) groups is 2. The number of urea groups is 1. The molecule has 2 fully saturated rings. The fourth-order valence-electron chi connectivity index (χ4n) is 4.68. The zero-order valence-electron chi connectivity index (χ0n) is 24.0. The largest absolute Gasteiger partial charge is 0.465 e. The molecule has 0 radical (unpaired) electrons. The van der Waals surface area contributed by atoms with Gasteiger partial charge in [-0.15, -0.1) is 0 Å². The molecule has 0 aliphatic carbocycles. The van der Waals surface area contributed by atoms with Gasteiger partial charge in [0.25, 0.3) is 0 Å². The van der Waals surface area contributed by atoms with Gasteiger partial charge in [-0.25, -0.2) is 18.0 Å². The van der Waals surface area contributed by atoms with E-state index < -0.39 is 22.0 Å². The minimum Gasteiger partial charge on any atom is -0.465 e. The average molecular weight is 611 g/mol. The summed E-state index contributed by atoms with van der Waals surface area (Å²) < 4.78 is 36.4. The summed E-state index contributed by atoms with van der Waals surface area (Å²) in [4.78, 5) is 42.4. The monoisotopic (exact) mass is 610 g/mol. The third kappa shape index (κ3) is 7.36. The van der Waals surface area contributed by atoms with Crippen molar-refractivity contribution < 1.29 is 27.5 Å². The molecule has 2 aliphatic rings. The first-order chi connectivity index (χ1) is 20.8. The molecular weight excluding hydrogens is 576 g/mol. The van der Waals surface area contributed by atoms with Crippen molar-refractivity contribution >= 4 is 45.3 Å². The highest BCUT2D eigenvalue weighted by Gasteiger charge is 2.28. The van der Waals surface area contributed by atoms with Gasteiger partial charge in [0.2, 0.25) is 21.9 Å². The van der Waals surface area contributed by atoms with E-state index in [1.807, 2.05) is 21.9 Å². The van der Waals surface area contributed by atoms with E-state index in [-0.39, 0.29) is 5.75 Å². The van der Waals surface area contributed by atoms with Gasteiger partial charge in [0.1, 0.15) is 0 Å². The molecule has 5 rings (SSSR count). The van der Waals surface area contributed by atoms with Crippen LogP contribution in [0.3, 0.4) is 0 Å². The summed E-state index contributed by atoms with van der Waals surface area (Å²) in [6.45, 7) is 5.74. The third-order valence-corrected chi connectivity index (χ3v) is 9.03. The molecule has 2 saturated heterocycles. The number of hydrogen-bond donors (Lipinski definition) is 2. The summed E-state index contributed by atoms with van der Waals surface area (Å²) in [5, 5.41) is 5.51. The Kier molecular flexibility index (Phi) is 9.33. The summed E-state index contributed by atoms with van der Waals surface area (Å²) in [7, 11) is -1.95. The van der Waals surface area contributed by atoms with Crippen LogP contribution in [0.4, 0.5) is 28.1 Å². The van der Waals surface area contributed by atoms with E-state index in [1.165, 1.54) is 11.4 Å². The number of methoxy groups -OCH3 is 1. The molecule has 0 atom stereocenters. The molecular formula is C28H34N8O6S. The van der Waals surface area contributed by atoms with Crippen molar-refractivity contribution in [3.63, 3.8) is 0 Å². The van der Waals surface area contributed by atoms with Crippen LogP contribution >= 0.6 is 0 Å². The van der Waals surface area contributed by atoms with E-state index in [9.17, 15) is 18.0 Å². The van der Waals surface area contributed by atoms with Crippen molar-refractivity contribution in [2.45, 2.75) is 6.92 Å². The number of esters is 1. The molecule has 0 saturated carbocycles. The van der Waals surface area contributed by atoms with Crippen LogP contribution in [-0.2, 0) is 19.5 Å². The lowest BCUT2D eigenvalue weighted by atomic mass is 10.2. The number of nitrogens with zero attached hydrogens (tertiary/aromatic N) is 6.